The van der Waals surface area contributed by atoms with Crippen LogP contribution >= 0.6 is 0 Å². The van der Waals surface area contributed by atoms with E-state index in [0.717, 1.165) is 17.1 Å². The van der Waals surface area contributed by atoms with Gasteiger partial charge < -0.3 is 4.74 Å². The summed E-state index contributed by atoms with van der Waals surface area (Å²) >= 11 is 0. The quantitative estimate of drug-likeness (QED) is 0.695. The van der Waals surface area contributed by atoms with Gasteiger partial charge >= 0.3 is 5.69 Å². The minimum absolute atomic E-state index is 0.511. The van der Waals surface area contributed by atoms with Crippen molar-refractivity contribution in [2.45, 2.75) is 6.92 Å². The summed E-state index contributed by atoms with van der Waals surface area (Å²) in [6.45, 7) is 2.01. The minimum atomic E-state index is 0.511. The summed E-state index contributed by atoms with van der Waals surface area (Å²) < 4.78 is 5.64. The molecule has 0 aliphatic heterocycles. The van der Waals surface area contributed by atoms with Gasteiger partial charge in [0, 0.05) is 12.1 Å². The highest BCUT2D eigenvalue weighted by Crippen LogP contribution is 2.24. The molecular weight excluding hydrogens is 200 g/mol. The molecule has 0 amide bonds. The molecule has 2 rings (SSSR count). The van der Waals surface area contributed by atoms with E-state index in [2.05, 4.69) is 4.98 Å². The smallest absolute Gasteiger partial charge is 0.385 e. The topological polar surface area (TPSA) is 37.4 Å². The van der Waals surface area contributed by atoms with E-state index in [0.29, 0.717) is 5.69 Å². The van der Waals surface area contributed by atoms with Gasteiger partial charge in [-0.25, -0.2) is 0 Å². The maximum Gasteiger partial charge on any atom is 0.385 e. The van der Waals surface area contributed by atoms with E-state index in [1.54, 1.807) is 24.3 Å². The van der Waals surface area contributed by atoms with E-state index in [1.807, 2.05) is 31.2 Å². The summed E-state index contributed by atoms with van der Waals surface area (Å²) in [6, 6.07) is 14.7. The zero-order valence-corrected chi connectivity index (χ0v) is 8.92. The van der Waals surface area contributed by atoms with Crippen LogP contribution in [0.2, 0.25) is 0 Å². The first-order chi connectivity index (χ1) is 7.78. The lowest BCUT2D eigenvalue weighted by atomic mass is 10.2. The van der Waals surface area contributed by atoms with E-state index < -0.39 is 0 Å². The van der Waals surface area contributed by atoms with Crippen molar-refractivity contribution in [3.63, 3.8) is 0 Å². The molecule has 0 radical (unpaired) electrons. The van der Waals surface area contributed by atoms with Crippen LogP contribution in [-0.4, -0.2) is 0 Å². The molecule has 2 aromatic carbocycles. The number of aryl methyl sites for hydroxylation is 1. The van der Waals surface area contributed by atoms with E-state index in [9.17, 15) is 0 Å². The Hall–Kier alpha value is -2.34. The predicted molar refractivity (Wildman–Crippen MR) is 62.4 cm³/mol. The largest absolute Gasteiger partial charge is 0.457 e. The highest BCUT2D eigenvalue weighted by atomic mass is 16.5. The van der Waals surface area contributed by atoms with Crippen molar-refractivity contribution >= 4 is 5.69 Å². The van der Waals surface area contributed by atoms with Gasteiger partial charge in [-0.1, -0.05) is 12.1 Å². The molecule has 0 aliphatic rings. The van der Waals surface area contributed by atoms with Gasteiger partial charge in [-0.3, -0.25) is 0 Å². The van der Waals surface area contributed by atoms with Gasteiger partial charge in [0.2, 0.25) is 5.39 Å². The van der Waals surface area contributed by atoms with Crippen LogP contribution in [0.4, 0.5) is 5.69 Å². The summed E-state index contributed by atoms with van der Waals surface area (Å²) in [6.07, 6.45) is 0. The van der Waals surface area contributed by atoms with Gasteiger partial charge in [0.25, 0.3) is 0 Å². The van der Waals surface area contributed by atoms with Crippen LogP contribution in [0.25, 0.3) is 4.98 Å². The average Bonchev–Trinajstić information content (AvgIpc) is 2.30. The van der Waals surface area contributed by atoms with Crippen LogP contribution in [0, 0.1) is 12.3 Å². The molecule has 3 heteroatoms. The summed E-state index contributed by atoms with van der Waals surface area (Å²) in [5.41, 5.74) is 1.66. The van der Waals surface area contributed by atoms with Crippen LogP contribution in [0.1, 0.15) is 5.56 Å². The molecule has 0 N–H and O–H groups in total. The Labute approximate surface area is 93.9 Å². The zero-order chi connectivity index (χ0) is 11.4. The first kappa shape index (κ1) is 10.2. The van der Waals surface area contributed by atoms with E-state index >= 15 is 0 Å². The molecule has 0 aromatic heterocycles. The third kappa shape index (κ3) is 2.37. The maximum atomic E-state index is 8.54. The van der Waals surface area contributed by atoms with Crippen molar-refractivity contribution in [2.75, 3.05) is 0 Å². The SMILES string of the molecule is Cc1cccc(Oc2ccc([N+]#N)cc2)c1. The molecule has 0 saturated carbocycles. The van der Waals surface area contributed by atoms with Gasteiger partial charge in [0.1, 0.15) is 11.5 Å². The van der Waals surface area contributed by atoms with Gasteiger partial charge in [-0.15, -0.1) is 0 Å². The second-order valence-electron chi connectivity index (χ2n) is 3.51. The van der Waals surface area contributed by atoms with E-state index in [1.165, 1.54) is 0 Å². The molecule has 0 bridgehead atoms. The third-order valence-corrected chi connectivity index (χ3v) is 2.18. The number of hydrogen-bond donors (Lipinski definition) is 0. The summed E-state index contributed by atoms with van der Waals surface area (Å²) in [4.78, 5) is 3.08. The third-order valence-electron chi connectivity index (χ3n) is 2.18. The Kier molecular flexibility index (Phi) is 2.84. The van der Waals surface area contributed by atoms with Gasteiger partial charge in [-0.05, 0) is 36.8 Å². The zero-order valence-electron chi connectivity index (χ0n) is 8.92. The van der Waals surface area contributed by atoms with E-state index in [-0.39, 0.29) is 0 Å². The molecule has 3 nitrogen and oxygen atoms in total. The van der Waals surface area contributed by atoms with Crippen molar-refractivity contribution < 1.29 is 4.74 Å². The maximum absolute atomic E-state index is 8.54. The molecule has 0 saturated heterocycles. The number of ether oxygens (including phenoxy) is 1. The normalized spacial score (nSPS) is 9.50. The van der Waals surface area contributed by atoms with Crippen LogP contribution in [0.5, 0.6) is 11.5 Å². The molecule has 0 aliphatic carbocycles. The number of diazo groups is 1. The minimum Gasteiger partial charge on any atom is -0.457 e. The lowest BCUT2D eigenvalue weighted by molar-refractivity contribution is 0.482. The van der Waals surface area contributed by atoms with Crippen LogP contribution in [-0.2, 0) is 0 Å². The van der Waals surface area contributed by atoms with Crippen molar-refractivity contribution in [1.82, 2.24) is 0 Å². The highest BCUT2D eigenvalue weighted by molar-refractivity contribution is 5.47. The van der Waals surface area contributed by atoms with Crippen LogP contribution in [0.3, 0.4) is 0 Å². The number of rotatable bonds is 2. The lowest BCUT2D eigenvalue weighted by Crippen LogP contribution is -1.83. The number of benzene rings is 2. The van der Waals surface area contributed by atoms with Crippen molar-refractivity contribution in [3.05, 3.63) is 59.1 Å². The second-order valence-corrected chi connectivity index (χ2v) is 3.51. The Balaban J connectivity index is 2.18. The standard InChI is InChI=1S/C13H11N2O/c1-10-3-2-4-13(9-10)16-12-7-5-11(15-14)6-8-12/h2-9H,1H3/q+1. The monoisotopic (exact) mass is 211 g/mol. The molecule has 0 unspecified atom stereocenters. The van der Waals surface area contributed by atoms with E-state index in [4.69, 9.17) is 10.1 Å². The predicted octanol–water partition coefficient (Wildman–Crippen LogP) is 4.27. The molecule has 0 heterocycles. The fraction of sp³-hybridized carbons (Fsp3) is 0.0769. The Morgan fingerprint density at radius 3 is 2.38 bits per heavy atom. The second kappa shape index (κ2) is 4.45. The number of nitrogens with zero attached hydrogens (tertiary/aromatic N) is 2. The first-order valence-corrected chi connectivity index (χ1v) is 4.97. The summed E-state index contributed by atoms with van der Waals surface area (Å²) in [5.74, 6) is 1.52. The average molecular weight is 211 g/mol. The Morgan fingerprint density at radius 1 is 1.00 bits per heavy atom. The van der Waals surface area contributed by atoms with Crippen LogP contribution < -0.4 is 4.74 Å². The van der Waals surface area contributed by atoms with Gasteiger partial charge in [-0.2, -0.15) is 0 Å². The Morgan fingerprint density at radius 2 is 1.75 bits per heavy atom. The fourth-order valence-corrected chi connectivity index (χ4v) is 1.40. The molecule has 0 fully saturated rings. The lowest BCUT2D eigenvalue weighted by Gasteiger charge is -2.04. The van der Waals surface area contributed by atoms with Gasteiger partial charge in [0.15, 0.2) is 4.98 Å². The molecular formula is C13H11N2O+. The summed E-state index contributed by atoms with van der Waals surface area (Å²) in [7, 11) is 0. The van der Waals surface area contributed by atoms with Crippen molar-refractivity contribution in [2.24, 2.45) is 0 Å². The van der Waals surface area contributed by atoms with Crippen LogP contribution in [0.15, 0.2) is 48.5 Å². The van der Waals surface area contributed by atoms with Gasteiger partial charge in [0.05, 0.1) is 0 Å². The fourth-order valence-electron chi connectivity index (χ4n) is 1.40. The van der Waals surface area contributed by atoms with Crippen molar-refractivity contribution in [3.8, 4) is 11.5 Å². The van der Waals surface area contributed by atoms with Crippen molar-refractivity contribution in [1.29, 1.82) is 5.39 Å². The first-order valence-electron chi connectivity index (χ1n) is 4.97. The highest BCUT2D eigenvalue weighted by Gasteiger charge is 2.03. The molecule has 78 valence electrons. The molecule has 2 aromatic rings. The summed E-state index contributed by atoms with van der Waals surface area (Å²) in [5, 5.41) is 8.54. The Bertz CT molecular complexity index is 526. The molecule has 0 atom stereocenters. The molecule has 0 spiro atoms. The number of hydrogen-bond acceptors (Lipinski definition) is 2. The molecule has 16 heavy (non-hydrogen) atoms.